The third kappa shape index (κ3) is 4.35. The summed E-state index contributed by atoms with van der Waals surface area (Å²) in [4.78, 5) is 26.3. The first kappa shape index (κ1) is 30.8. The number of Topliss-reactive ketones (excluding diaryl/α,β-unsaturated/α-hetero) is 1. The molecule has 0 aliphatic heterocycles. The number of benzene rings is 1. The van der Waals surface area contributed by atoms with E-state index in [1.807, 2.05) is 6.92 Å². The van der Waals surface area contributed by atoms with Gasteiger partial charge in [-0.25, -0.2) is 13.2 Å². The van der Waals surface area contributed by atoms with Crippen molar-refractivity contribution < 1.29 is 42.1 Å². The molecule has 3 N–H and O–H groups in total. The third-order valence-corrected chi connectivity index (χ3v) is 10.7. The molecule has 3 fully saturated rings. The zero-order valence-corrected chi connectivity index (χ0v) is 24.5. The highest BCUT2D eigenvalue weighted by Gasteiger charge is 2.76. The van der Waals surface area contributed by atoms with Crippen molar-refractivity contribution in [2.75, 3.05) is 19.5 Å². The number of anilines is 1. The van der Waals surface area contributed by atoms with Gasteiger partial charge < -0.3 is 25.1 Å². The lowest BCUT2D eigenvalue weighted by molar-refractivity contribution is -0.263. The van der Waals surface area contributed by atoms with Gasteiger partial charge in [0.2, 0.25) is 5.78 Å². The maximum atomic E-state index is 17.5. The van der Waals surface area contributed by atoms with E-state index in [4.69, 9.17) is 19.9 Å². The van der Waals surface area contributed by atoms with Crippen molar-refractivity contribution in [3.63, 3.8) is 0 Å². The fourth-order valence-electron chi connectivity index (χ4n) is 8.46. The van der Waals surface area contributed by atoms with Gasteiger partial charge in [0.15, 0.2) is 17.7 Å². The fraction of sp³-hybridized carbons (Fsp3) is 0.625. The van der Waals surface area contributed by atoms with Crippen molar-refractivity contribution in [2.45, 2.75) is 89.1 Å². The Balaban J connectivity index is 1.54. The Morgan fingerprint density at radius 3 is 2.67 bits per heavy atom. The van der Waals surface area contributed by atoms with Gasteiger partial charge in [0.05, 0.1) is 11.8 Å². The molecule has 3 saturated carbocycles. The second-order valence-electron chi connectivity index (χ2n) is 12.7. The summed E-state index contributed by atoms with van der Waals surface area (Å²) < 4.78 is 65.2. The Hall–Kier alpha value is -2.69. The molecule has 10 heteroatoms. The average Bonchev–Trinajstić information content (AvgIpc) is 3.23. The number of halogens is 3. The summed E-state index contributed by atoms with van der Waals surface area (Å²) in [5.74, 6) is -2.95. The third-order valence-electron chi connectivity index (χ3n) is 10.7. The quantitative estimate of drug-likeness (QED) is 0.300. The molecule has 5 rings (SSSR count). The number of alkyl halides is 2. The number of nitrogen functional groups attached to an aromatic ring is 1. The van der Waals surface area contributed by atoms with Gasteiger partial charge in [-0.1, -0.05) is 26.3 Å². The zero-order valence-electron chi connectivity index (χ0n) is 24.5. The molecule has 0 amide bonds. The van der Waals surface area contributed by atoms with Crippen LogP contribution in [0.3, 0.4) is 0 Å². The largest absolute Gasteiger partial charge is 0.486 e. The number of fused-ring (bicyclic) bond motifs is 5. The molecule has 230 valence electrons. The van der Waals surface area contributed by atoms with Gasteiger partial charge in [-0.15, -0.1) is 0 Å². The number of carbonyl (C=O) groups excluding carboxylic acids is 2. The Bertz CT molecular complexity index is 1320. The summed E-state index contributed by atoms with van der Waals surface area (Å²) in [6, 6.07) is 3.87. The average molecular weight is 592 g/mol. The van der Waals surface area contributed by atoms with Gasteiger partial charge in [0, 0.05) is 29.9 Å². The minimum atomic E-state index is -2.27. The van der Waals surface area contributed by atoms with Crippen molar-refractivity contribution in [1.82, 2.24) is 0 Å². The first-order valence-corrected chi connectivity index (χ1v) is 14.7. The maximum absolute atomic E-state index is 17.5. The number of aliphatic hydroxyl groups is 1. The number of nitrogens with two attached hydrogens (primary N) is 1. The standard InChI is InChI=1S/C32H40F3NO6/c1-5-6-28(40-4)42-31(27(39)17-41-19-7-8-25(36)24(34)14-19)12-10-20-21-15-23(33)22-13-18(37)9-11-29(22,2)32(21,35)26(38)16-30(20,31)3/h7-9,11,13-14,20-21,23,26,28,38H,5-6,10,12,15-17,36H2,1-4H3/t20-,21-,23-,26-,28?,29-,30-,31-,32-/m0/s1. The summed E-state index contributed by atoms with van der Waals surface area (Å²) in [5, 5.41) is 11.7. The summed E-state index contributed by atoms with van der Waals surface area (Å²) in [6.07, 6.45) is 1.16. The maximum Gasteiger partial charge on any atom is 0.202 e. The molecular formula is C32H40F3NO6. The van der Waals surface area contributed by atoms with Crippen molar-refractivity contribution in [3.8, 4) is 5.75 Å². The van der Waals surface area contributed by atoms with Gasteiger partial charge >= 0.3 is 0 Å². The SMILES string of the molecule is CCCC(OC)O[C@]1(C(=O)COc2ccc(N)c(F)c2)CC[C@H]2[C@@H]3C[C@H](F)C4=CC(=O)C=C[C@]4(C)[C@@]3(F)[C@@H](O)C[C@@]21C. The Morgan fingerprint density at radius 2 is 2.00 bits per heavy atom. The molecule has 4 aliphatic rings. The van der Waals surface area contributed by atoms with E-state index < -0.39 is 76.5 Å². The molecule has 0 aromatic heterocycles. The molecule has 1 unspecified atom stereocenters. The molecule has 0 saturated heterocycles. The summed E-state index contributed by atoms with van der Waals surface area (Å²) >= 11 is 0. The van der Waals surface area contributed by atoms with Gasteiger partial charge in [-0.3, -0.25) is 9.59 Å². The van der Waals surface area contributed by atoms with Crippen molar-refractivity contribution in [2.24, 2.45) is 22.7 Å². The molecule has 0 radical (unpaired) electrons. The van der Waals surface area contributed by atoms with Crippen LogP contribution >= 0.6 is 0 Å². The van der Waals surface area contributed by atoms with Crippen molar-refractivity contribution in [1.29, 1.82) is 0 Å². The number of aliphatic hydroxyl groups excluding tert-OH is 1. The molecule has 0 bridgehead atoms. The number of carbonyl (C=O) groups is 2. The van der Waals surface area contributed by atoms with Gasteiger partial charge in [-0.05, 0) is 74.8 Å². The first-order chi connectivity index (χ1) is 19.8. The lowest BCUT2D eigenvalue weighted by atomic mass is 9.44. The van der Waals surface area contributed by atoms with E-state index in [1.54, 1.807) is 6.92 Å². The number of methoxy groups -OCH3 is 1. The molecule has 9 atom stereocenters. The van der Waals surface area contributed by atoms with Crippen LogP contribution in [0, 0.1) is 28.5 Å². The van der Waals surface area contributed by atoms with E-state index in [2.05, 4.69) is 0 Å². The van der Waals surface area contributed by atoms with E-state index in [-0.39, 0.29) is 36.3 Å². The van der Waals surface area contributed by atoms with Crippen LogP contribution in [0.25, 0.3) is 0 Å². The summed E-state index contributed by atoms with van der Waals surface area (Å²) in [6.45, 7) is 4.81. The number of ketones is 2. The highest BCUT2D eigenvalue weighted by Crippen LogP contribution is 2.70. The minimum Gasteiger partial charge on any atom is -0.486 e. The van der Waals surface area contributed by atoms with Crippen molar-refractivity contribution in [3.05, 3.63) is 47.8 Å². The minimum absolute atomic E-state index is 0.0412. The predicted octanol–water partition coefficient (Wildman–Crippen LogP) is 5.20. The summed E-state index contributed by atoms with van der Waals surface area (Å²) in [7, 11) is 1.48. The van der Waals surface area contributed by atoms with Gasteiger partial charge in [0.25, 0.3) is 0 Å². The van der Waals surface area contributed by atoms with E-state index in [0.29, 0.717) is 19.3 Å². The molecule has 4 aliphatic carbocycles. The van der Waals surface area contributed by atoms with Gasteiger partial charge in [0.1, 0.15) is 29.9 Å². The molecular weight excluding hydrogens is 551 g/mol. The number of rotatable bonds is 9. The predicted molar refractivity (Wildman–Crippen MR) is 149 cm³/mol. The topological polar surface area (TPSA) is 108 Å². The van der Waals surface area contributed by atoms with E-state index >= 15 is 8.78 Å². The smallest absolute Gasteiger partial charge is 0.202 e. The molecule has 42 heavy (non-hydrogen) atoms. The number of hydrogen-bond donors (Lipinski definition) is 2. The molecule has 1 aromatic carbocycles. The number of hydrogen-bond acceptors (Lipinski definition) is 7. The first-order valence-electron chi connectivity index (χ1n) is 14.7. The van der Waals surface area contributed by atoms with Crippen LogP contribution in [-0.4, -0.2) is 60.2 Å². The Kier molecular flexibility index (Phi) is 7.90. The lowest BCUT2D eigenvalue weighted by Crippen LogP contribution is -2.71. The highest BCUT2D eigenvalue weighted by molar-refractivity contribution is 6.01. The monoisotopic (exact) mass is 591 g/mol. The Morgan fingerprint density at radius 1 is 1.26 bits per heavy atom. The summed E-state index contributed by atoms with van der Waals surface area (Å²) in [5.41, 5.74) is -0.926. The van der Waals surface area contributed by atoms with E-state index in [9.17, 15) is 19.1 Å². The van der Waals surface area contributed by atoms with Crippen LogP contribution < -0.4 is 10.5 Å². The zero-order chi connectivity index (χ0) is 30.7. The highest BCUT2D eigenvalue weighted by atomic mass is 19.1. The molecule has 1 aromatic rings. The van der Waals surface area contributed by atoms with Crippen LogP contribution in [0.1, 0.15) is 59.3 Å². The molecule has 7 nitrogen and oxygen atoms in total. The van der Waals surface area contributed by atoms with Crippen LogP contribution in [-0.2, 0) is 19.1 Å². The normalized spacial score (nSPS) is 39.6. The van der Waals surface area contributed by atoms with Crippen LogP contribution in [0.4, 0.5) is 18.9 Å². The Labute approximate surface area is 244 Å². The van der Waals surface area contributed by atoms with Crippen LogP contribution in [0.15, 0.2) is 42.0 Å². The molecule has 0 heterocycles. The van der Waals surface area contributed by atoms with Gasteiger partial charge in [-0.2, -0.15) is 0 Å². The van der Waals surface area contributed by atoms with E-state index in [1.165, 1.54) is 38.3 Å². The fourth-order valence-corrected chi connectivity index (χ4v) is 8.46. The van der Waals surface area contributed by atoms with Crippen LogP contribution in [0.5, 0.6) is 5.75 Å². The number of ether oxygens (including phenoxy) is 3. The lowest BCUT2D eigenvalue weighted by Gasteiger charge is -2.63. The van der Waals surface area contributed by atoms with E-state index in [0.717, 1.165) is 12.1 Å². The second kappa shape index (κ2) is 10.8. The van der Waals surface area contributed by atoms with Crippen molar-refractivity contribution >= 4 is 17.3 Å². The molecule has 0 spiro atoms. The number of allylic oxidation sites excluding steroid dienone is 4. The van der Waals surface area contributed by atoms with Crippen LogP contribution in [0.2, 0.25) is 0 Å². The second-order valence-corrected chi connectivity index (χ2v) is 12.7.